The van der Waals surface area contributed by atoms with Crippen LogP contribution in [-0.2, 0) is 0 Å². The van der Waals surface area contributed by atoms with Gasteiger partial charge >= 0.3 is 0 Å². The van der Waals surface area contributed by atoms with Crippen molar-refractivity contribution in [1.82, 2.24) is 4.57 Å². The predicted molar refractivity (Wildman–Crippen MR) is 179 cm³/mol. The lowest BCUT2D eigenvalue weighted by Gasteiger charge is -2.13. The Balaban J connectivity index is 1.47. The first-order valence-electron chi connectivity index (χ1n) is 14.2. The molecule has 42 heavy (non-hydrogen) atoms. The molecule has 1 heterocycles. The number of hydrogen-bond acceptors (Lipinski definition) is 2. The molecule has 0 atom stereocenters. The van der Waals surface area contributed by atoms with Crippen LogP contribution in [0.15, 0.2) is 146 Å². The van der Waals surface area contributed by atoms with Crippen molar-refractivity contribution in [3.8, 4) is 16.8 Å². The van der Waals surface area contributed by atoms with Gasteiger partial charge in [0, 0.05) is 45.0 Å². The lowest BCUT2D eigenvalue weighted by atomic mass is 9.98. The van der Waals surface area contributed by atoms with Crippen molar-refractivity contribution in [2.75, 3.05) is 5.32 Å². The zero-order valence-electron chi connectivity index (χ0n) is 22.9. The monoisotopic (exact) mass is 537 g/mol. The number of rotatable bonds is 5. The van der Waals surface area contributed by atoms with Gasteiger partial charge in [0.2, 0.25) is 0 Å². The number of nitrogens with one attached hydrogen (secondary N) is 2. The normalized spacial score (nSPS) is 11.4. The van der Waals surface area contributed by atoms with Crippen LogP contribution in [-0.4, -0.2) is 10.8 Å². The molecule has 0 fully saturated rings. The maximum atomic E-state index is 8.56. The van der Waals surface area contributed by atoms with Crippen molar-refractivity contribution in [1.29, 1.82) is 5.41 Å². The first-order chi connectivity index (χ1) is 20.8. The Morgan fingerprint density at radius 2 is 1.19 bits per heavy atom. The fourth-order valence-corrected chi connectivity index (χ4v) is 6.35. The van der Waals surface area contributed by atoms with E-state index in [4.69, 9.17) is 5.41 Å². The molecule has 0 aliphatic carbocycles. The standard InChI is InChI=1S/C39H27N3/c40-25-34-35(41-30-12-5-2-6-13-30)23-24-36-38(34)33-22-19-29-16-15-28-11-7-8-14-32(28)37(29)39(33)42(36)31-20-17-27(18-21-31)26-9-3-1-4-10-26/h1-25,40-41H. The molecule has 0 aliphatic heterocycles. The minimum atomic E-state index is 0.876. The van der Waals surface area contributed by atoms with Gasteiger partial charge in [0.15, 0.2) is 0 Å². The fraction of sp³-hybridized carbons (Fsp3) is 0. The highest BCUT2D eigenvalue weighted by Crippen LogP contribution is 2.42. The summed E-state index contributed by atoms with van der Waals surface area (Å²) in [6.45, 7) is 0. The molecule has 8 aromatic rings. The number of fused-ring (bicyclic) bond motifs is 7. The molecule has 0 amide bonds. The summed E-state index contributed by atoms with van der Waals surface area (Å²) in [7, 11) is 0. The minimum absolute atomic E-state index is 0.876. The summed E-state index contributed by atoms with van der Waals surface area (Å²) >= 11 is 0. The first kappa shape index (κ1) is 24.2. The van der Waals surface area contributed by atoms with Crippen molar-refractivity contribution < 1.29 is 0 Å². The van der Waals surface area contributed by atoms with Gasteiger partial charge in [-0.3, -0.25) is 0 Å². The van der Waals surface area contributed by atoms with Gasteiger partial charge in [-0.05, 0) is 63.7 Å². The van der Waals surface area contributed by atoms with E-state index in [9.17, 15) is 0 Å². The van der Waals surface area contributed by atoms with Crippen molar-refractivity contribution >= 4 is 60.9 Å². The van der Waals surface area contributed by atoms with Crippen LogP contribution in [0, 0.1) is 5.41 Å². The van der Waals surface area contributed by atoms with Gasteiger partial charge in [-0.2, -0.15) is 0 Å². The van der Waals surface area contributed by atoms with E-state index in [1.54, 1.807) is 0 Å². The Labute approximate surface area is 243 Å². The molecule has 1 aromatic heterocycles. The van der Waals surface area contributed by atoms with Crippen LogP contribution in [0.3, 0.4) is 0 Å². The topological polar surface area (TPSA) is 40.8 Å². The van der Waals surface area contributed by atoms with E-state index in [0.717, 1.165) is 44.4 Å². The van der Waals surface area contributed by atoms with E-state index >= 15 is 0 Å². The summed E-state index contributed by atoms with van der Waals surface area (Å²) in [4.78, 5) is 0. The first-order valence-corrected chi connectivity index (χ1v) is 14.2. The van der Waals surface area contributed by atoms with E-state index in [-0.39, 0.29) is 0 Å². The number of nitrogens with zero attached hydrogens (tertiary/aromatic N) is 1. The Kier molecular flexibility index (Phi) is 5.61. The third-order valence-electron chi connectivity index (χ3n) is 8.27. The van der Waals surface area contributed by atoms with Gasteiger partial charge in [0.1, 0.15) is 0 Å². The minimum Gasteiger partial charge on any atom is -0.355 e. The Bertz CT molecular complexity index is 2260. The number of para-hydroxylation sites is 1. The van der Waals surface area contributed by atoms with Gasteiger partial charge < -0.3 is 15.3 Å². The second-order valence-electron chi connectivity index (χ2n) is 10.7. The SMILES string of the molecule is N=Cc1c(Nc2ccccc2)ccc2c1c1ccc3ccc4ccccc4c3c1n2-c1ccc(-c2ccccc2)cc1. The van der Waals surface area contributed by atoms with Gasteiger partial charge in [-0.15, -0.1) is 0 Å². The van der Waals surface area contributed by atoms with Crippen molar-refractivity contribution in [2.45, 2.75) is 0 Å². The Morgan fingerprint density at radius 1 is 0.524 bits per heavy atom. The largest absolute Gasteiger partial charge is 0.355 e. The number of benzene rings is 7. The maximum Gasteiger partial charge on any atom is 0.0625 e. The van der Waals surface area contributed by atoms with Gasteiger partial charge in [-0.25, -0.2) is 0 Å². The Morgan fingerprint density at radius 3 is 1.98 bits per heavy atom. The molecule has 8 rings (SSSR count). The lowest BCUT2D eigenvalue weighted by Crippen LogP contribution is -1.98. The molecule has 2 N–H and O–H groups in total. The van der Waals surface area contributed by atoms with E-state index in [0.29, 0.717) is 0 Å². The van der Waals surface area contributed by atoms with Crippen molar-refractivity contribution in [3.05, 3.63) is 151 Å². The molecule has 3 heteroatoms. The van der Waals surface area contributed by atoms with Crippen molar-refractivity contribution in [3.63, 3.8) is 0 Å². The third-order valence-corrected chi connectivity index (χ3v) is 8.27. The molecule has 3 nitrogen and oxygen atoms in total. The number of aromatic nitrogens is 1. The molecular formula is C39H27N3. The molecule has 0 bridgehead atoms. The van der Waals surface area contributed by atoms with Crippen molar-refractivity contribution in [2.24, 2.45) is 0 Å². The average molecular weight is 538 g/mol. The van der Waals surface area contributed by atoms with Crippen LogP contribution < -0.4 is 5.32 Å². The van der Waals surface area contributed by atoms with Crippen LogP contribution in [0.25, 0.3) is 60.2 Å². The zero-order valence-corrected chi connectivity index (χ0v) is 22.9. The third kappa shape index (κ3) is 3.79. The summed E-state index contributed by atoms with van der Waals surface area (Å²) in [5.41, 5.74) is 8.50. The summed E-state index contributed by atoms with van der Waals surface area (Å²) in [6, 6.07) is 51.3. The Hall–Kier alpha value is -5.67. The second kappa shape index (κ2) is 9.76. The molecule has 0 radical (unpaired) electrons. The molecule has 0 aliphatic rings. The van der Waals surface area contributed by atoms with Crippen LogP contribution in [0.1, 0.15) is 5.56 Å². The molecule has 0 saturated carbocycles. The van der Waals surface area contributed by atoms with E-state index in [1.165, 1.54) is 38.9 Å². The van der Waals surface area contributed by atoms with Gasteiger partial charge in [0.25, 0.3) is 0 Å². The molecule has 198 valence electrons. The smallest absolute Gasteiger partial charge is 0.0625 e. The second-order valence-corrected chi connectivity index (χ2v) is 10.7. The molecular weight excluding hydrogens is 510 g/mol. The maximum absolute atomic E-state index is 8.56. The summed E-state index contributed by atoms with van der Waals surface area (Å²) in [5.74, 6) is 0. The zero-order chi connectivity index (χ0) is 28.0. The van der Waals surface area contributed by atoms with Crippen LogP contribution in [0.2, 0.25) is 0 Å². The van der Waals surface area contributed by atoms with Gasteiger partial charge in [-0.1, -0.05) is 109 Å². The average Bonchev–Trinajstić information content (AvgIpc) is 3.40. The highest BCUT2D eigenvalue weighted by atomic mass is 15.0. The van der Waals surface area contributed by atoms with E-state index in [1.807, 2.05) is 24.3 Å². The van der Waals surface area contributed by atoms with E-state index < -0.39 is 0 Å². The highest BCUT2D eigenvalue weighted by Gasteiger charge is 2.20. The lowest BCUT2D eigenvalue weighted by molar-refractivity contribution is 1.19. The summed E-state index contributed by atoms with van der Waals surface area (Å²) in [5, 5.41) is 19.2. The molecule has 0 spiro atoms. The number of anilines is 2. The van der Waals surface area contributed by atoms with Gasteiger partial charge in [0.05, 0.1) is 11.0 Å². The number of hydrogen-bond donors (Lipinski definition) is 2. The van der Waals surface area contributed by atoms with Crippen LogP contribution in [0.5, 0.6) is 0 Å². The van der Waals surface area contributed by atoms with Crippen LogP contribution >= 0.6 is 0 Å². The molecule has 7 aromatic carbocycles. The summed E-state index contributed by atoms with van der Waals surface area (Å²) < 4.78 is 2.38. The van der Waals surface area contributed by atoms with Crippen LogP contribution in [0.4, 0.5) is 11.4 Å². The molecule has 0 saturated heterocycles. The van der Waals surface area contributed by atoms with E-state index in [2.05, 4.69) is 131 Å². The summed E-state index contributed by atoms with van der Waals surface area (Å²) in [6.07, 6.45) is 1.49. The predicted octanol–water partition coefficient (Wildman–Crippen LogP) is 10.5. The highest BCUT2D eigenvalue weighted by molar-refractivity contribution is 6.28. The molecule has 0 unspecified atom stereocenters. The fourth-order valence-electron chi connectivity index (χ4n) is 6.35. The quantitative estimate of drug-likeness (QED) is 0.166.